The Morgan fingerprint density at radius 3 is 2.49 bits per heavy atom. The Labute approximate surface area is 247 Å². The lowest BCUT2D eigenvalue weighted by atomic mass is 9.79. The molecular formula is C31H40ClN7O2. The Balaban J connectivity index is 1.62. The summed E-state index contributed by atoms with van der Waals surface area (Å²) in [6.07, 6.45) is 7.77. The topological polar surface area (TPSA) is 100 Å². The van der Waals surface area contributed by atoms with Crippen LogP contribution in [-0.2, 0) is 4.74 Å². The van der Waals surface area contributed by atoms with E-state index < -0.39 is 5.60 Å². The van der Waals surface area contributed by atoms with Crippen LogP contribution >= 0.6 is 11.6 Å². The van der Waals surface area contributed by atoms with Crippen LogP contribution in [0.5, 0.6) is 0 Å². The first kappa shape index (κ1) is 29.1. The van der Waals surface area contributed by atoms with Crippen LogP contribution in [0.2, 0.25) is 5.02 Å². The van der Waals surface area contributed by atoms with E-state index >= 15 is 0 Å². The minimum Gasteiger partial charge on any atom is -0.444 e. The highest BCUT2D eigenvalue weighted by molar-refractivity contribution is 6.30. The van der Waals surface area contributed by atoms with Crippen LogP contribution in [0.1, 0.15) is 79.0 Å². The smallest absolute Gasteiger partial charge is 0.410 e. The molecule has 1 saturated heterocycles. The van der Waals surface area contributed by atoms with Crippen molar-refractivity contribution >= 4 is 34.7 Å². The first-order valence-electron chi connectivity index (χ1n) is 14.6. The number of anilines is 1. The number of imidazole rings is 1. The minimum atomic E-state index is -0.546. The highest BCUT2D eigenvalue weighted by Crippen LogP contribution is 2.42. The molecule has 2 fully saturated rings. The van der Waals surface area contributed by atoms with Crippen LogP contribution < -0.4 is 4.90 Å². The largest absolute Gasteiger partial charge is 0.444 e. The Morgan fingerprint density at radius 1 is 1.12 bits per heavy atom. The van der Waals surface area contributed by atoms with Gasteiger partial charge in [0.15, 0.2) is 0 Å². The molecule has 1 saturated carbocycles. The molecule has 5 rings (SSSR count). The molecule has 0 spiro atoms. The lowest BCUT2D eigenvalue weighted by Crippen LogP contribution is -2.55. The van der Waals surface area contributed by atoms with Crippen molar-refractivity contribution in [1.82, 2.24) is 24.4 Å². The second-order valence-electron chi connectivity index (χ2n) is 12.7. The fourth-order valence-electron chi connectivity index (χ4n) is 6.22. The van der Waals surface area contributed by atoms with Gasteiger partial charge in [-0.05, 0) is 65.4 Å². The molecular weight excluding hydrogens is 538 g/mol. The van der Waals surface area contributed by atoms with Crippen molar-refractivity contribution in [1.29, 1.82) is 5.26 Å². The number of piperazine rings is 1. The van der Waals surface area contributed by atoms with E-state index in [1.807, 2.05) is 26.8 Å². The fraction of sp³-hybridized carbons (Fsp3) is 0.581. The maximum atomic E-state index is 12.9. The first-order valence-corrected chi connectivity index (χ1v) is 15.0. The Bertz CT molecular complexity index is 1470. The van der Waals surface area contributed by atoms with E-state index in [2.05, 4.69) is 41.3 Å². The van der Waals surface area contributed by atoms with Gasteiger partial charge in [-0.3, -0.25) is 4.98 Å². The van der Waals surface area contributed by atoms with E-state index in [-0.39, 0.29) is 18.2 Å². The van der Waals surface area contributed by atoms with Gasteiger partial charge in [-0.2, -0.15) is 5.26 Å². The van der Waals surface area contributed by atoms with Crippen LogP contribution in [0.25, 0.3) is 22.3 Å². The zero-order valence-electron chi connectivity index (χ0n) is 24.9. The highest BCUT2D eigenvalue weighted by Gasteiger charge is 2.35. The summed E-state index contributed by atoms with van der Waals surface area (Å²) in [6, 6.07) is 5.98. The van der Waals surface area contributed by atoms with E-state index in [1.165, 1.54) is 12.8 Å². The third kappa shape index (κ3) is 6.13. The summed E-state index contributed by atoms with van der Waals surface area (Å²) in [5.74, 6) is 2.07. The molecule has 4 heterocycles. The molecule has 1 unspecified atom stereocenters. The van der Waals surface area contributed by atoms with Gasteiger partial charge in [0.1, 0.15) is 17.4 Å². The van der Waals surface area contributed by atoms with Crippen molar-refractivity contribution in [3.05, 3.63) is 35.2 Å². The van der Waals surface area contributed by atoms with E-state index in [4.69, 9.17) is 26.3 Å². The number of nitrogens with zero attached hydrogens (tertiary/aromatic N) is 7. The maximum Gasteiger partial charge on any atom is 0.410 e. The molecule has 1 amide bonds. The second-order valence-corrected chi connectivity index (χ2v) is 13.2. The SMILES string of the molecule is CC([C@H]1CC[C@H](C)CC1)n1c(N2CCN(C(=O)OC(C)(C)C)C[C@H]2C)nc2cc(C#N)nc(-c3cncc(Cl)c3)c21. The number of nitriles is 1. The van der Waals surface area contributed by atoms with Gasteiger partial charge in [0.05, 0.1) is 21.7 Å². The third-order valence-electron chi connectivity index (χ3n) is 8.43. The molecule has 0 N–H and O–H groups in total. The average Bonchev–Trinajstić information content (AvgIpc) is 3.30. The quantitative estimate of drug-likeness (QED) is 0.334. The normalized spacial score (nSPS) is 22.4. The van der Waals surface area contributed by atoms with Crippen LogP contribution in [-0.4, -0.2) is 61.8 Å². The van der Waals surface area contributed by atoms with Crippen LogP contribution in [0.15, 0.2) is 24.5 Å². The number of amides is 1. The average molecular weight is 578 g/mol. The number of hydrogen-bond acceptors (Lipinski definition) is 7. The molecule has 9 nitrogen and oxygen atoms in total. The van der Waals surface area contributed by atoms with Gasteiger partial charge in [0.2, 0.25) is 5.95 Å². The molecule has 10 heteroatoms. The van der Waals surface area contributed by atoms with Crippen molar-refractivity contribution in [2.45, 2.75) is 84.9 Å². The number of fused-ring (bicyclic) bond motifs is 1. The van der Waals surface area contributed by atoms with Crippen LogP contribution in [0, 0.1) is 23.2 Å². The van der Waals surface area contributed by atoms with Crippen molar-refractivity contribution < 1.29 is 9.53 Å². The van der Waals surface area contributed by atoms with Gasteiger partial charge in [0.25, 0.3) is 0 Å². The fourth-order valence-corrected chi connectivity index (χ4v) is 6.40. The molecule has 0 aromatic carbocycles. The Kier molecular flexibility index (Phi) is 8.15. The maximum absolute atomic E-state index is 12.9. The number of carbonyl (C=O) groups is 1. The monoisotopic (exact) mass is 577 g/mol. The number of ether oxygens (including phenoxy) is 1. The number of pyridine rings is 2. The van der Waals surface area contributed by atoms with Gasteiger partial charge < -0.3 is 19.1 Å². The molecule has 3 aromatic rings. The molecule has 1 aliphatic heterocycles. The summed E-state index contributed by atoms with van der Waals surface area (Å²) in [6.45, 7) is 14.1. The van der Waals surface area contributed by atoms with Crippen molar-refractivity contribution in [3.8, 4) is 17.3 Å². The summed E-state index contributed by atoms with van der Waals surface area (Å²) in [7, 11) is 0. The van der Waals surface area contributed by atoms with E-state index in [0.29, 0.717) is 42.0 Å². The summed E-state index contributed by atoms with van der Waals surface area (Å²) < 4.78 is 7.99. The number of carbonyl (C=O) groups excluding carboxylic acids is 1. The molecule has 2 aliphatic rings. The predicted molar refractivity (Wildman–Crippen MR) is 161 cm³/mol. The summed E-state index contributed by atoms with van der Waals surface area (Å²) in [5.41, 5.74) is 2.76. The minimum absolute atomic E-state index is 0.00471. The molecule has 0 bridgehead atoms. The molecule has 1 aliphatic carbocycles. The standard InChI is InChI=1S/C31H40ClN7O2/c1-19-7-9-22(10-8-19)21(3)39-28-26(14-25(15-33)35-27(28)23-13-24(32)17-34-16-23)36-29(39)38-12-11-37(18-20(38)2)30(40)41-31(4,5)6/h13-14,16-17,19-22H,7-12,18H2,1-6H3/t19-,20-,21?,22-/m1/s1. The van der Waals surface area contributed by atoms with Crippen LogP contribution in [0.3, 0.4) is 0 Å². The highest BCUT2D eigenvalue weighted by atomic mass is 35.5. The second kappa shape index (κ2) is 11.5. The van der Waals surface area contributed by atoms with Gasteiger partial charge in [-0.15, -0.1) is 0 Å². The van der Waals surface area contributed by atoms with Gasteiger partial charge in [-0.1, -0.05) is 31.4 Å². The summed E-state index contributed by atoms with van der Waals surface area (Å²) >= 11 is 6.35. The summed E-state index contributed by atoms with van der Waals surface area (Å²) in [5, 5.41) is 10.3. The third-order valence-corrected chi connectivity index (χ3v) is 8.64. The lowest BCUT2D eigenvalue weighted by molar-refractivity contribution is 0.0217. The zero-order valence-corrected chi connectivity index (χ0v) is 25.6. The number of hydrogen-bond donors (Lipinski definition) is 0. The van der Waals surface area contributed by atoms with Crippen molar-refractivity contribution in [2.24, 2.45) is 11.8 Å². The lowest BCUT2D eigenvalue weighted by Gasteiger charge is -2.42. The molecule has 2 atom stereocenters. The Morgan fingerprint density at radius 2 is 1.85 bits per heavy atom. The van der Waals surface area contributed by atoms with E-state index in [9.17, 15) is 10.1 Å². The van der Waals surface area contributed by atoms with Crippen molar-refractivity contribution in [2.75, 3.05) is 24.5 Å². The molecule has 0 radical (unpaired) electrons. The first-order chi connectivity index (χ1) is 19.4. The molecule has 218 valence electrons. The van der Waals surface area contributed by atoms with Crippen molar-refractivity contribution in [3.63, 3.8) is 0 Å². The number of halogens is 1. The summed E-state index contributed by atoms with van der Waals surface area (Å²) in [4.78, 5) is 31.2. The molecule has 3 aromatic heterocycles. The van der Waals surface area contributed by atoms with Gasteiger partial charge in [-0.25, -0.2) is 14.8 Å². The van der Waals surface area contributed by atoms with E-state index in [0.717, 1.165) is 41.3 Å². The predicted octanol–water partition coefficient (Wildman–Crippen LogP) is 6.85. The van der Waals surface area contributed by atoms with Crippen LogP contribution in [0.4, 0.5) is 10.7 Å². The number of aromatic nitrogens is 4. The van der Waals surface area contributed by atoms with E-state index in [1.54, 1.807) is 23.4 Å². The van der Waals surface area contributed by atoms with Gasteiger partial charge in [0, 0.05) is 55.7 Å². The van der Waals surface area contributed by atoms with Gasteiger partial charge >= 0.3 is 6.09 Å². The number of rotatable bonds is 4. The Hall–Kier alpha value is -3.38. The molecule has 41 heavy (non-hydrogen) atoms. The zero-order chi connectivity index (χ0) is 29.5.